The van der Waals surface area contributed by atoms with Gasteiger partial charge in [0.15, 0.2) is 0 Å². The highest BCUT2D eigenvalue weighted by molar-refractivity contribution is 14.1. The number of carbonyl (C=O) groups excluding carboxylic acids is 1. The van der Waals surface area contributed by atoms with E-state index in [-0.39, 0.29) is 5.91 Å². The van der Waals surface area contributed by atoms with Crippen LogP contribution in [0.1, 0.15) is 36.0 Å². The van der Waals surface area contributed by atoms with Gasteiger partial charge in [0.25, 0.3) is 5.91 Å². The molecule has 27 heavy (non-hydrogen) atoms. The zero-order valence-electron chi connectivity index (χ0n) is 15.8. The lowest BCUT2D eigenvalue weighted by Crippen LogP contribution is -2.34. The van der Waals surface area contributed by atoms with Crippen LogP contribution in [0.25, 0.3) is 0 Å². The number of aromatic nitrogens is 2. The van der Waals surface area contributed by atoms with Crippen molar-refractivity contribution in [1.29, 1.82) is 0 Å². The fourth-order valence-electron chi connectivity index (χ4n) is 3.33. The van der Waals surface area contributed by atoms with Crippen LogP contribution in [0.3, 0.4) is 0 Å². The zero-order chi connectivity index (χ0) is 19.2. The third-order valence-electron chi connectivity index (χ3n) is 4.92. The van der Waals surface area contributed by atoms with Crippen LogP contribution in [0, 0.1) is 9.49 Å². The highest BCUT2D eigenvalue weighted by Crippen LogP contribution is 2.26. The van der Waals surface area contributed by atoms with Gasteiger partial charge in [-0.3, -0.25) is 4.79 Å². The van der Waals surface area contributed by atoms with Gasteiger partial charge in [0.2, 0.25) is 5.95 Å². The van der Waals surface area contributed by atoms with Crippen LogP contribution >= 0.6 is 22.6 Å². The zero-order valence-corrected chi connectivity index (χ0v) is 17.9. The molecular weight excluding hydrogens is 453 g/mol. The highest BCUT2D eigenvalue weighted by atomic mass is 127. The van der Waals surface area contributed by atoms with Crippen molar-refractivity contribution in [1.82, 2.24) is 15.3 Å². The molecule has 0 atom stereocenters. The maximum absolute atomic E-state index is 12.3. The molecule has 6 nitrogen and oxygen atoms in total. The Labute approximate surface area is 174 Å². The number of carbonyl (C=O) groups is 1. The predicted octanol–water partition coefficient (Wildman–Crippen LogP) is 3.55. The third-order valence-corrected chi connectivity index (χ3v) is 5.59. The third kappa shape index (κ3) is 5.79. The van der Waals surface area contributed by atoms with Gasteiger partial charge in [0, 0.05) is 42.0 Å². The highest BCUT2D eigenvalue weighted by Gasteiger charge is 2.22. The fourth-order valence-corrected chi connectivity index (χ4v) is 3.87. The van der Waals surface area contributed by atoms with E-state index in [1.807, 2.05) is 49.3 Å². The lowest BCUT2D eigenvalue weighted by molar-refractivity contribution is 0.0943. The minimum absolute atomic E-state index is 0.0164. The van der Waals surface area contributed by atoms with Crippen molar-refractivity contribution in [3.8, 4) is 0 Å². The summed E-state index contributed by atoms with van der Waals surface area (Å²) >= 11 is 2.23. The SMILES string of the molecule is CN(C)c1ccnc(NC2CCC(CNC(=O)c3cccc(I)c3)CC2)n1. The van der Waals surface area contributed by atoms with Crippen LogP contribution in [-0.2, 0) is 0 Å². The summed E-state index contributed by atoms with van der Waals surface area (Å²) in [5.74, 6) is 2.14. The van der Waals surface area contributed by atoms with E-state index in [1.54, 1.807) is 6.20 Å². The van der Waals surface area contributed by atoms with Gasteiger partial charge in [-0.05, 0) is 78.5 Å². The van der Waals surface area contributed by atoms with Crippen LogP contribution in [0.2, 0.25) is 0 Å². The summed E-state index contributed by atoms with van der Waals surface area (Å²) in [4.78, 5) is 23.1. The summed E-state index contributed by atoms with van der Waals surface area (Å²) in [7, 11) is 3.95. The Bertz CT molecular complexity index is 774. The molecule has 0 aliphatic heterocycles. The first-order valence-electron chi connectivity index (χ1n) is 9.32. The maximum atomic E-state index is 12.3. The van der Waals surface area contributed by atoms with Gasteiger partial charge in [0.1, 0.15) is 5.82 Å². The van der Waals surface area contributed by atoms with Crippen LogP contribution in [0.5, 0.6) is 0 Å². The standard InChI is InChI=1S/C20H26IN5O/c1-26(2)18-10-11-22-20(25-18)24-17-8-6-14(7-9-17)13-23-19(27)15-4-3-5-16(21)12-15/h3-5,10-12,14,17H,6-9,13H2,1-2H3,(H,23,27)(H,22,24,25). The van der Waals surface area contributed by atoms with Gasteiger partial charge in [0.05, 0.1) is 0 Å². The number of rotatable bonds is 6. The van der Waals surface area contributed by atoms with Gasteiger partial charge in [-0.15, -0.1) is 0 Å². The van der Waals surface area contributed by atoms with Crippen molar-refractivity contribution >= 4 is 40.3 Å². The average molecular weight is 479 g/mol. The van der Waals surface area contributed by atoms with Crippen molar-refractivity contribution in [2.24, 2.45) is 5.92 Å². The van der Waals surface area contributed by atoms with Gasteiger partial charge in [-0.25, -0.2) is 4.98 Å². The second kappa shape index (κ2) is 9.34. The van der Waals surface area contributed by atoms with Gasteiger partial charge in [-0.2, -0.15) is 4.98 Å². The van der Waals surface area contributed by atoms with E-state index in [2.05, 4.69) is 43.2 Å². The van der Waals surface area contributed by atoms with Crippen LogP contribution in [0.4, 0.5) is 11.8 Å². The Morgan fingerprint density at radius 1 is 1.22 bits per heavy atom. The van der Waals surface area contributed by atoms with E-state index in [1.165, 1.54) is 0 Å². The van der Waals surface area contributed by atoms with Crippen molar-refractivity contribution in [3.05, 3.63) is 45.7 Å². The number of nitrogens with zero attached hydrogens (tertiary/aromatic N) is 3. The smallest absolute Gasteiger partial charge is 0.251 e. The lowest BCUT2D eigenvalue weighted by atomic mass is 9.86. The molecule has 0 unspecified atom stereocenters. The number of halogens is 1. The largest absolute Gasteiger partial charge is 0.363 e. The van der Waals surface area contributed by atoms with Crippen molar-refractivity contribution < 1.29 is 4.79 Å². The number of amides is 1. The number of hydrogen-bond acceptors (Lipinski definition) is 5. The fraction of sp³-hybridized carbons (Fsp3) is 0.450. The molecule has 1 saturated carbocycles. The lowest BCUT2D eigenvalue weighted by Gasteiger charge is -2.29. The summed E-state index contributed by atoms with van der Waals surface area (Å²) in [6.07, 6.45) is 6.12. The minimum Gasteiger partial charge on any atom is -0.363 e. The summed E-state index contributed by atoms with van der Waals surface area (Å²) in [5.41, 5.74) is 0.732. The van der Waals surface area contributed by atoms with Gasteiger partial charge < -0.3 is 15.5 Å². The topological polar surface area (TPSA) is 70.2 Å². The number of hydrogen-bond donors (Lipinski definition) is 2. The molecule has 0 spiro atoms. The molecule has 1 aromatic heterocycles. The Hall–Kier alpha value is -1.90. The molecule has 1 aliphatic carbocycles. The van der Waals surface area contributed by atoms with Gasteiger partial charge in [-0.1, -0.05) is 6.07 Å². The Balaban J connectivity index is 1.44. The first kappa shape index (κ1) is 19.9. The molecule has 7 heteroatoms. The molecule has 1 fully saturated rings. The first-order valence-corrected chi connectivity index (χ1v) is 10.4. The molecule has 0 saturated heterocycles. The Morgan fingerprint density at radius 3 is 2.70 bits per heavy atom. The van der Waals surface area contributed by atoms with E-state index in [0.717, 1.165) is 47.2 Å². The number of nitrogens with one attached hydrogen (secondary N) is 2. The summed E-state index contributed by atoms with van der Waals surface area (Å²) in [5, 5.41) is 6.54. The number of anilines is 2. The van der Waals surface area contributed by atoms with Crippen LogP contribution in [-0.4, -0.2) is 42.6 Å². The van der Waals surface area contributed by atoms with Crippen molar-refractivity contribution in [2.75, 3.05) is 30.9 Å². The molecule has 144 valence electrons. The second-order valence-electron chi connectivity index (χ2n) is 7.22. The molecule has 1 heterocycles. The quantitative estimate of drug-likeness (QED) is 0.621. The molecule has 0 radical (unpaired) electrons. The normalized spacial score (nSPS) is 19.4. The molecule has 3 rings (SSSR count). The molecule has 2 N–H and O–H groups in total. The Kier molecular flexibility index (Phi) is 6.87. The molecule has 1 aliphatic rings. The molecule has 1 amide bonds. The summed E-state index contributed by atoms with van der Waals surface area (Å²) < 4.78 is 1.08. The molecular formula is C20H26IN5O. The Morgan fingerprint density at radius 2 is 2.00 bits per heavy atom. The van der Waals surface area contributed by atoms with E-state index in [0.29, 0.717) is 17.9 Å². The minimum atomic E-state index is 0.0164. The molecule has 0 bridgehead atoms. The second-order valence-corrected chi connectivity index (χ2v) is 8.46. The van der Waals surface area contributed by atoms with Crippen LogP contribution in [0.15, 0.2) is 36.5 Å². The van der Waals surface area contributed by atoms with Gasteiger partial charge >= 0.3 is 0 Å². The number of benzene rings is 1. The summed E-state index contributed by atoms with van der Waals surface area (Å²) in [6, 6.07) is 9.98. The molecule has 1 aromatic carbocycles. The van der Waals surface area contributed by atoms with E-state index in [4.69, 9.17) is 0 Å². The predicted molar refractivity (Wildman–Crippen MR) is 117 cm³/mol. The summed E-state index contributed by atoms with van der Waals surface area (Å²) in [6.45, 7) is 0.740. The first-order chi connectivity index (χ1) is 13.0. The van der Waals surface area contributed by atoms with Crippen molar-refractivity contribution in [3.63, 3.8) is 0 Å². The van der Waals surface area contributed by atoms with Crippen LogP contribution < -0.4 is 15.5 Å². The van der Waals surface area contributed by atoms with E-state index in [9.17, 15) is 4.79 Å². The van der Waals surface area contributed by atoms with E-state index < -0.39 is 0 Å². The maximum Gasteiger partial charge on any atom is 0.251 e. The monoisotopic (exact) mass is 479 g/mol. The molecule has 2 aromatic rings. The van der Waals surface area contributed by atoms with E-state index >= 15 is 0 Å². The average Bonchev–Trinajstić information content (AvgIpc) is 2.67. The van der Waals surface area contributed by atoms with Crippen molar-refractivity contribution in [2.45, 2.75) is 31.7 Å².